The Kier molecular flexibility index (Phi) is 3.30. The summed E-state index contributed by atoms with van der Waals surface area (Å²) in [5.74, 6) is 0.947. The molecule has 19 heavy (non-hydrogen) atoms. The van der Waals surface area contributed by atoms with E-state index >= 15 is 0 Å². The van der Waals surface area contributed by atoms with Crippen LogP contribution in [0.15, 0.2) is 53.4 Å². The predicted molar refractivity (Wildman–Crippen MR) is 76.7 cm³/mol. The molecule has 1 aliphatic heterocycles. The van der Waals surface area contributed by atoms with E-state index in [1.165, 1.54) is 0 Å². The van der Waals surface area contributed by atoms with E-state index in [1.807, 2.05) is 54.8 Å². The van der Waals surface area contributed by atoms with Crippen molar-refractivity contribution in [2.45, 2.75) is 17.4 Å². The lowest BCUT2D eigenvalue weighted by Gasteiger charge is -2.25. The zero-order chi connectivity index (χ0) is 13.2. The van der Waals surface area contributed by atoms with Gasteiger partial charge in [0.25, 0.3) is 0 Å². The maximum Gasteiger partial charge on any atom is 0.182 e. The van der Waals surface area contributed by atoms with Gasteiger partial charge in [0, 0.05) is 16.9 Å². The highest BCUT2D eigenvalue weighted by Crippen LogP contribution is 2.34. The van der Waals surface area contributed by atoms with Crippen LogP contribution in [0.25, 0.3) is 0 Å². The molecule has 0 fully saturated rings. The zero-order valence-electron chi connectivity index (χ0n) is 10.6. The summed E-state index contributed by atoms with van der Waals surface area (Å²) < 4.78 is 5.87. The van der Waals surface area contributed by atoms with Crippen LogP contribution in [0.3, 0.4) is 0 Å². The summed E-state index contributed by atoms with van der Waals surface area (Å²) in [7, 11) is 0. The monoisotopic (exact) mass is 270 g/mol. The number of hydrogen-bond acceptors (Lipinski definition) is 3. The van der Waals surface area contributed by atoms with Gasteiger partial charge in [0.2, 0.25) is 0 Å². The number of carbonyl (C=O) groups excluding carboxylic acids is 1. The lowest BCUT2D eigenvalue weighted by atomic mass is 9.96. The van der Waals surface area contributed by atoms with Gasteiger partial charge in [-0.3, -0.25) is 4.79 Å². The van der Waals surface area contributed by atoms with E-state index < -0.39 is 6.10 Å². The van der Waals surface area contributed by atoms with Crippen molar-refractivity contribution in [1.29, 1.82) is 0 Å². The fourth-order valence-electron chi connectivity index (χ4n) is 2.29. The smallest absolute Gasteiger partial charge is 0.182 e. The lowest BCUT2D eigenvalue weighted by Crippen LogP contribution is -2.25. The van der Waals surface area contributed by atoms with Crippen molar-refractivity contribution in [3.63, 3.8) is 0 Å². The van der Waals surface area contributed by atoms with Crippen LogP contribution in [-0.2, 0) is 11.2 Å². The van der Waals surface area contributed by atoms with E-state index in [2.05, 4.69) is 0 Å². The number of Topliss-reactive ketones (excluding diaryl/α,β-unsaturated/α-hetero) is 1. The molecular weight excluding hydrogens is 256 g/mol. The molecule has 0 bridgehead atoms. The van der Waals surface area contributed by atoms with Crippen LogP contribution in [0.4, 0.5) is 0 Å². The van der Waals surface area contributed by atoms with Crippen LogP contribution in [0.1, 0.15) is 17.2 Å². The lowest BCUT2D eigenvalue weighted by molar-refractivity contribution is -0.126. The number of fused-ring (bicyclic) bond motifs is 1. The molecule has 3 heteroatoms. The summed E-state index contributed by atoms with van der Waals surface area (Å²) in [4.78, 5) is 13.4. The highest BCUT2D eigenvalue weighted by Gasteiger charge is 2.29. The Morgan fingerprint density at radius 3 is 2.68 bits per heavy atom. The van der Waals surface area contributed by atoms with E-state index in [0.717, 1.165) is 21.8 Å². The molecule has 1 atom stereocenters. The number of carbonyl (C=O) groups is 1. The normalized spacial score (nSPS) is 17.7. The molecule has 0 N–H and O–H groups in total. The van der Waals surface area contributed by atoms with Gasteiger partial charge < -0.3 is 4.74 Å². The Bertz CT molecular complexity index is 607. The number of thioether (sulfide) groups is 1. The van der Waals surface area contributed by atoms with Crippen molar-refractivity contribution in [1.82, 2.24) is 0 Å². The molecule has 3 rings (SSSR count). The van der Waals surface area contributed by atoms with Crippen molar-refractivity contribution in [3.8, 4) is 5.75 Å². The van der Waals surface area contributed by atoms with E-state index in [0.29, 0.717) is 6.42 Å². The molecule has 96 valence electrons. The van der Waals surface area contributed by atoms with E-state index in [4.69, 9.17) is 4.74 Å². The molecule has 1 aliphatic rings. The minimum atomic E-state index is -0.464. The topological polar surface area (TPSA) is 26.3 Å². The third-order valence-corrected chi connectivity index (χ3v) is 4.00. The molecular formula is C16H14O2S. The number of rotatable bonds is 2. The van der Waals surface area contributed by atoms with Gasteiger partial charge in [-0.15, -0.1) is 11.8 Å². The molecule has 0 aliphatic carbocycles. The van der Waals surface area contributed by atoms with Crippen LogP contribution in [0.2, 0.25) is 0 Å². The van der Waals surface area contributed by atoms with Crippen molar-refractivity contribution in [2.75, 3.05) is 6.26 Å². The van der Waals surface area contributed by atoms with Gasteiger partial charge >= 0.3 is 0 Å². The fourth-order valence-corrected chi connectivity index (χ4v) is 2.76. The van der Waals surface area contributed by atoms with Gasteiger partial charge in [-0.25, -0.2) is 0 Å². The first-order valence-corrected chi connectivity index (χ1v) is 7.41. The molecule has 2 aromatic rings. The maximum atomic E-state index is 12.2. The first-order valence-electron chi connectivity index (χ1n) is 6.19. The van der Waals surface area contributed by atoms with E-state index in [9.17, 15) is 4.79 Å². The summed E-state index contributed by atoms with van der Waals surface area (Å²) in [6.07, 6.45) is 2.01. The van der Waals surface area contributed by atoms with Crippen molar-refractivity contribution in [3.05, 3.63) is 59.7 Å². The second-order valence-corrected chi connectivity index (χ2v) is 5.40. The van der Waals surface area contributed by atoms with Crippen molar-refractivity contribution < 1.29 is 9.53 Å². The molecule has 1 unspecified atom stereocenters. The number of hydrogen-bond donors (Lipinski definition) is 0. The van der Waals surface area contributed by atoms with E-state index in [1.54, 1.807) is 11.8 Å². The molecule has 0 radical (unpaired) electrons. The molecule has 0 saturated heterocycles. The van der Waals surface area contributed by atoms with Gasteiger partial charge in [-0.2, -0.15) is 0 Å². The fraction of sp³-hybridized carbons (Fsp3) is 0.188. The quantitative estimate of drug-likeness (QED) is 0.779. The van der Waals surface area contributed by atoms with Gasteiger partial charge in [0.15, 0.2) is 11.9 Å². The van der Waals surface area contributed by atoms with Gasteiger partial charge in [0.05, 0.1) is 0 Å². The first kappa shape index (κ1) is 12.3. The Morgan fingerprint density at radius 1 is 1.16 bits per heavy atom. The Balaban J connectivity index is 1.94. The third kappa shape index (κ3) is 2.38. The van der Waals surface area contributed by atoms with Crippen molar-refractivity contribution in [2.24, 2.45) is 0 Å². The molecule has 2 aromatic carbocycles. The second kappa shape index (κ2) is 5.10. The van der Waals surface area contributed by atoms with Crippen LogP contribution in [-0.4, -0.2) is 12.0 Å². The van der Waals surface area contributed by atoms with Gasteiger partial charge in [-0.1, -0.05) is 30.3 Å². The minimum absolute atomic E-state index is 0.122. The summed E-state index contributed by atoms with van der Waals surface area (Å²) in [5.41, 5.74) is 1.91. The molecule has 2 nitrogen and oxygen atoms in total. The van der Waals surface area contributed by atoms with Crippen molar-refractivity contribution >= 4 is 17.5 Å². The summed E-state index contributed by atoms with van der Waals surface area (Å²) >= 11 is 1.67. The largest absolute Gasteiger partial charge is 0.478 e. The average Bonchev–Trinajstić information content (AvgIpc) is 2.47. The average molecular weight is 270 g/mol. The summed E-state index contributed by atoms with van der Waals surface area (Å²) in [5, 5.41) is 0. The highest BCUT2D eigenvalue weighted by atomic mass is 32.2. The van der Waals surface area contributed by atoms with Crippen LogP contribution in [0, 0.1) is 0 Å². The molecule has 0 saturated carbocycles. The number of benzene rings is 2. The Morgan fingerprint density at radius 2 is 1.95 bits per heavy atom. The summed E-state index contributed by atoms with van der Waals surface area (Å²) in [6, 6.07) is 15.7. The molecule has 0 spiro atoms. The first-order chi connectivity index (χ1) is 9.28. The number of ether oxygens (including phenoxy) is 1. The van der Waals surface area contributed by atoms with Gasteiger partial charge in [-0.05, 0) is 30.0 Å². The van der Waals surface area contributed by atoms with Crippen LogP contribution in [0.5, 0.6) is 5.75 Å². The zero-order valence-corrected chi connectivity index (χ0v) is 11.4. The molecule has 0 aromatic heterocycles. The number of ketones is 1. The summed E-state index contributed by atoms with van der Waals surface area (Å²) in [6.45, 7) is 0. The third-order valence-electron chi connectivity index (χ3n) is 3.27. The Labute approximate surface area is 116 Å². The molecule has 1 heterocycles. The van der Waals surface area contributed by atoms with Crippen LogP contribution >= 0.6 is 11.8 Å². The van der Waals surface area contributed by atoms with Gasteiger partial charge in [0.1, 0.15) is 5.75 Å². The SMILES string of the molecule is CSc1ccc2c(c1)CC(=O)C(c1ccccc1)O2. The predicted octanol–water partition coefficient (Wildman–Crippen LogP) is 3.65. The highest BCUT2D eigenvalue weighted by molar-refractivity contribution is 7.98. The van der Waals surface area contributed by atoms with Crippen LogP contribution < -0.4 is 4.74 Å². The Hall–Kier alpha value is -1.74. The maximum absolute atomic E-state index is 12.2. The second-order valence-electron chi connectivity index (χ2n) is 4.53. The standard InChI is InChI=1S/C16H14O2S/c1-19-13-7-8-15-12(9-13)10-14(17)16(18-15)11-5-3-2-4-6-11/h2-9,16H,10H2,1H3. The molecule has 0 amide bonds. The van der Waals surface area contributed by atoms with E-state index in [-0.39, 0.29) is 5.78 Å². The minimum Gasteiger partial charge on any atom is -0.478 e.